The molecule has 0 bridgehead atoms. The van der Waals surface area contributed by atoms with Crippen LogP contribution < -0.4 is 15.4 Å². The first-order valence-electron chi connectivity index (χ1n) is 6.53. The van der Waals surface area contributed by atoms with Crippen molar-refractivity contribution in [3.8, 4) is 5.75 Å². The Hall–Kier alpha value is -1.55. The van der Waals surface area contributed by atoms with Crippen molar-refractivity contribution in [3.05, 3.63) is 29.8 Å². The molecule has 1 fully saturated rings. The van der Waals surface area contributed by atoms with Crippen LogP contribution in [-0.4, -0.2) is 25.1 Å². The molecule has 1 aromatic carbocycles. The van der Waals surface area contributed by atoms with Gasteiger partial charge in [0.1, 0.15) is 5.75 Å². The van der Waals surface area contributed by atoms with E-state index < -0.39 is 0 Å². The summed E-state index contributed by atoms with van der Waals surface area (Å²) in [5.74, 6) is 0.929. The lowest BCUT2D eigenvalue weighted by molar-refractivity contribution is -0.122. The molecule has 1 aromatic rings. The van der Waals surface area contributed by atoms with Crippen LogP contribution in [0.1, 0.15) is 25.3 Å². The van der Waals surface area contributed by atoms with Crippen molar-refractivity contribution in [2.24, 2.45) is 0 Å². The van der Waals surface area contributed by atoms with Gasteiger partial charge in [-0.25, -0.2) is 0 Å². The second-order valence-electron chi connectivity index (χ2n) is 4.41. The summed E-state index contributed by atoms with van der Waals surface area (Å²) >= 11 is 0. The standard InChI is InChI=1S/C14H20N2O2/c1-2-18-13-8-4-3-6-11(13)10-16-14(17)12-7-5-9-15-12/h3-4,6,8,12,15H,2,5,7,9-10H2,1H3,(H,16,17). The van der Waals surface area contributed by atoms with Gasteiger partial charge in [-0.2, -0.15) is 0 Å². The Labute approximate surface area is 108 Å². The average molecular weight is 248 g/mol. The molecule has 1 aliphatic heterocycles. The zero-order valence-corrected chi connectivity index (χ0v) is 10.7. The molecule has 1 saturated heterocycles. The second-order valence-corrected chi connectivity index (χ2v) is 4.41. The molecular weight excluding hydrogens is 228 g/mol. The molecule has 0 aliphatic carbocycles. The maximum Gasteiger partial charge on any atom is 0.237 e. The summed E-state index contributed by atoms with van der Waals surface area (Å²) < 4.78 is 5.53. The summed E-state index contributed by atoms with van der Waals surface area (Å²) in [6.07, 6.45) is 2.01. The van der Waals surface area contributed by atoms with Crippen molar-refractivity contribution in [3.63, 3.8) is 0 Å². The van der Waals surface area contributed by atoms with Gasteiger partial charge in [0.05, 0.1) is 12.6 Å². The maximum atomic E-state index is 11.9. The number of benzene rings is 1. The molecule has 1 amide bonds. The van der Waals surface area contributed by atoms with E-state index >= 15 is 0 Å². The van der Waals surface area contributed by atoms with Crippen LogP contribution in [0.15, 0.2) is 24.3 Å². The van der Waals surface area contributed by atoms with E-state index in [9.17, 15) is 4.79 Å². The summed E-state index contributed by atoms with van der Waals surface area (Å²) in [5.41, 5.74) is 1.02. The number of carbonyl (C=O) groups is 1. The third kappa shape index (κ3) is 3.23. The lowest BCUT2D eigenvalue weighted by atomic mass is 10.2. The quantitative estimate of drug-likeness (QED) is 0.829. The van der Waals surface area contributed by atoms with Crippen LogP contribution in [0.4, 0.5) is 0 Å². The van der Waals surface area contributed by atoms with Gasteiger partial charge in [-0.1, -0.05) is 18.2 Å². The zero-order valence-electron chi connectivity index (χ0n) is 10.7. The lowest BCUT2D eigenvalue weighted by Gasteiger charge is -2.13. The zero-order chi connectivity index (χ0) is 12.8. The van der Waals surface area contributed by atoms with Crippen LogP contribution in [0.2, 0.25) is 0 Å². The average Bonchev–Trinajstić information content (AvgIpc) is 2.92. The number of hydrogen-bond acceptors (Lipinski definition) is 3. The number of carbonyl (C=O) groups excluding carboxylic acids is 1. The van der Waals surface area contributed by atoms with E-state index in [1.165, 1.54) is 0 Å². The van der Waals surface area contributed by atoms with E-state index in [1.54, 1.807) is 0 Å². The first kappa shape index (κ1) is 12.9. The SMILES string of the molecule is CCOc1ccccc1CNC(=O)C1CCCN1. The molecular formula is C14H20N2O2. The van der Waals surface area contributed by atoms with Gasteiger partial charge in [0.15, 0.2) is 0 Å². The third-order valence-electron chi connectivity index (χ3n) is 3.10. The topological polar surface area (TPSA) is 50.4 Å². The van der Waals surface area contributed by atoms with Crippen LogP contribution in [-0.2, 0) is 11.3 Å². The number of hydrogen-bond donors (Lipinski definition) is 2. The fourth-order valence-corrected chi connectivity index (χ4v) is 2.16. The summed E-state index contributed by atoms with van der Waals surface area (Å²) in [6, 6.07) is 7.78. The van der Waals surface area contributed by atoms with Crippen molar-refractivity contribution >= 4 is 5.91 Å². The Bertz CT molecular complexity index is 401. The van der Waals surface area contributed by atoms with Gasteiger partial charge in [0.2, 0.25) is 5.91 Å². The highest BCUT2D eigenvalue weighted by molar-refractivity contribution is 5.82. The fourth-order valence-electron chi connectivity index (χ4n) is 2.16. The molecule has 2 rings (SSSR count). The van der Waals surface area contributed by atoms with Crippen molar-refractivity contribution in [1.82, 2.24) is 10.6 Å². The van der Waals surface area contributed by atoms with E-state index in [0.29, 0.717) is 13.2 Å². The van der Waals surface area contributed by atoms with E-state index in [4.69, 9.17) is 4.74 Å². The normalized spacial score (nSPS) is 18.6. The monoisotopic (exact) mass is 248 g/mol. The van der Waals surface area contributed by atoms with Crippen LogP contribution in [0.3, 0.4) is 0 Å². The maximum absolute atomic E-state index is 11.9. The summed E-state index contributed by atoms with van der Waals surface area (Å²) in [4.78, 5) is 11.9. The minimum Gasteiger partial charge on any atom is -0.494 e. The Morgan fingerprint density at radius 1 is 1.50 bits per heavy atom. The second kappa shape index (κ2) is 6.40. The van der Waals surface area contributed by atoms with Gasteiger partial charge in [0.25, 0.3) is 0 Å². The van der Waals surface area contributed by atoms with Crippen LogP contribution in [0, 0.1) is 0 Å². The largest absolute Gasteiger partial charge is 0.494 e. The van der Waals surface area contributed by atoms with E-state index in [0.717, 1.165) is 30.7 Å². The van der Waals surface area contributed by atoms with Crippen molar-refractivity contribution in [2.45, 2.75) is 32.4 Å². The molecule has 4 nitrogen and oxygen atoms in total. The lowest BCUT2D eigenvalue weighted by Crippen LogP contribution is -2.40. The first-order chi connectivity index (χ1) is 8.81. The molecule has 18 heavy (non-hydrogen) atoms. The Kier molecular flexibility index (Phi) is 4.59. The predicted molar refractivity (Wildman–Crippen MR) is 70.5 cm³/mol. The number of ether oxygens (including phenoxy) is 1. The van der Waals surface area contributed by atoms with Gasteiger partial charge < -0.3 is 15.4 Å². The number of nitrogens with one attached hydrogen (secondary N) is 2. The Morgan fingerprint density at radius 2 is 2.33 bits per heavy atom. The van der Waals surface area contributed by atoms with Gasteiger partial charge in [0, 0.05) is 12.1 Å². The van der Waals surface area contributed by atoms with E-state index in [-0.39, 0.29) is 11.9 Å². The molecule has 1 aliphatic rings. The number of rotatable bonds is 5. The van der Waals surface area contributed by atoms with Crippen LogP contribution in [0.5, 0.6) is 5.75 Å². The highest BCUT2D eigenvalue weighted by Crippen LogP contribution is 2.17. The highest BCUT2D eigenvalue weighted by atomic mass is 16.5. The minimum atomic E-state index is -0.0238. The van der Waals surface area contributed by atoms with Crippen LogP contribution >= 0.6 is 0 Å². The Morgan fingerprint density at radius 3 is 3.06 bits per heavy atom. The summed E-state index contributed by atoms with van der Waals surface area (Å²) in [6.45, 7) is 4.05. The number of amides is 1. The fraction of sp³-hybridized carbons (Fsp3) is 0.500. The molecule has 0 radical (unpaired) electrons. The summed E-state index contributed by atoms with van der Waals surface area (Å²) in [5, 5.41) is 6.15. The van der Waals surface area contributed by atoms with Crippen molar-refractivity contribution in [2.75, 3.05) is 13.2 Å². The molecule has 0 saturated carbocycles. The molecule has 1 heterocycles. The van der Waals surface area contributed by atoms with Crippen molar-refractivity contribution in [1.29, 1.82) is 0 Å². The molecule has 1 unspecified atom stereocenters. The third-order valence-corrected chi connectivity index (χ3v) is 3.10. The highest BCUT2D eigenvalue weighted by Gasteiger charge is 2.21. The number of para-hydroxylation sites is 1. The van der Waals surface area contributed by atoms with Gasteiger partial charge in [-0.05, 0) is 32.4 Å². The van der Waals surface area contributed by atoms with E-state index in [1.807, 2.05) is 31.2 Å². The van der Waals surface area contributed by atoms with Crippen molar-refractivity contribution < 1.29 is 9.53 Å². The molecule has 0 spiro atoms. The molecule has 4 heteroatoms. The minimum absolute atomic E-state index is 0.0238. The predicted octanol–water partition coefficient (Wildman–Crippen LogP) is 1.45. The van der Waals surface area contributed by atoms with Gasteiger partial charge in [-0.3, -0.25) is 4.79 Å². The van der Waals surface area contributed by atoms with Gasteiger partial charge >= 0.3 is 0 Å². The van der Waals surface area contributed by atoms with Crippen LogP contribution in [0.25, 0.3) is 0 Å². The molecule has 98 valence electrons. The molecule has 0 aromatic heterocycles. The first-order valence-corrected chi connectivity index (χ1v) is 6.53. The Balaban J connectivity index is 1.90. The molecule has 2 N–H and O–H groups in total. The summed E-state index contributed by atoms with van der Waals surface area (Å²) in [7, 11) is 0. The van der Waals surface area contributed by atoms with E-state index in [2.05, 4.69) is 10.6 Å². The smallest absolute Gasteiger partial charge is 0.237 e. The van der Waals surface area contributed by atoms with Gasteiger partial charge in [-0.15, -0.1) is 0 Å². The molecule has 1 atom stereocenters.